The molecule has 1 saturated carbocycles. The van der Waals surface area contributed by atoms with Crippen molar-refractivity contribution in [3.8, 4) is 0 Å². The first kappa shape index (κ1) is 28.1. The summed E-state index contributed by atoms with van der Waals surface area (Å²) in [5.74, 6) is -1.54. The van der Waals surface area contributed by atoms with E-state index in [4.69, 9.17) is 0 Å². The van der Waals surface area contributed by atoms with Crippen molar-refractivity contribution < 1.29 is 24.3 Å². The number of nitrogens with zero attached hydrogens (tertiary/aromatic N) is 2. The number of aryl methyl sites for hydroxylation is 1. The molecule has 3 amide bonds. The smallest absolute Gasteiger partial charge is 0.335 e. The van der Waals surface area contributed by atoms with Gasteiger partial charge >= 0.3 is 12.0 Å². The lowest BCUT2D eigenvalue weighted by Crippen LogP contribution is -2.55. The molecule has 0 bridgehead atoms. The molecule has 0 radical (unpaired) electrons. The van der Waals surface area contributed by atoms with Crippen molar-refractivity contribution in [1.82, 2.24) is 5.32 Å². The highest BCUT2D eigenvalue weighted by atomic mass is 16.4. The number of ketones is 1. The van der Waals surface area contributed by atoms with Crippen molar-refractivity contribution in [2.24, 2.45) is 5.41 Å². The van der Waals surface area contributed by atoms with Crippen molar-refractivity contribution in [2.75, 3.05) is 28.2 Å². The fraction of sp³-hybridized carbons (Fsp3) is 0.467. The van der Waals surface area contributed by atoms with Crippen LogP contribution < -0.4 is 20.4 Å². The number of anilines is 3. The summed E-state index contributed by atoms with van der Waals surface area (Å²) in [7, 11) is 0. The monoisotopic (exact) mass is 534 g/mol. The third-order valence-electron chi connectivity index (χ3n) is 7.50. The first-order chi connectivity index (χ1) is 18.4. The molecule has 39 heavy (non-hydrogen) atoms. The molecular formula is C30H38N4O5. The van der Waals surface area contributed by atoms with Crippen LogP contribution in [0.1, 0.15) is 68.8 Å². The van der Waals surface area contributed by atoms with Gasteiger partial charge in [-0.2, -0.15) is 0 Å². The van der Waals surface area contributed by atoms with E-state index < -0.39 is 23.5 Å². The zero-order valence-corrected chi connectivity index (χ0v) is 23.1. The molecule has 208 valence electrons. The second-order valence-corrected chi connectivity index (χ2v) is 11.6. The number of rotatable bonds is 6. The Hall–Kier alpha value is -3.88. The first-order valence-electron chi connectivity index (χ1n) is 13.6. The number of benzene rings is 2. The predicted octanol–water partition coefficient (Wildman–Crippen LogP) is 4.98. The highest BCUT2D eigenvalue weighted by molar-refractivity contribution is 6.08. The van der Waals surface area contributed by atoms with Crippen molar-refractivity contribution in [2.45, 2.75) is 71.9 Å². The maximum atomic E-state index is 14.1. The molecule has 0 spiro atoms. The van der Waals surface area contributed by atoms with Crippen LogP contribution in [0.5, 0.6) is 0 Å². The van der Waals surface area contributed by atoms with Gasteiger partial charge in [0.15, 0.2) is 5.78 Å². The lowest BCUT2D eigenvalue weighted by molar-refractivity contribution is -0.127. The predicted molar refractivity (Wildman–Crippen MR) is 152 cm³/mol. The molecule has 9 nitrogen and oxygen atoms in total. The van der Waals surface area contributed by atoms with Crippen LogP contribution in [0.25, 0.3) is 0 Å². The second-order valence-electron chi connectivity index (χ2n) is 11.6. The summed E-state index contributed by atoms with van der Waals surface area (Å²) < 4.78 is 0. The third-order valence-corrected chi connectivity index (χ3v) is 7.50. The van der Waals surface area contributed by atoms with E-state index in [0.29, 0.717) is 11.4 Å². The largest absolute Gasteiger partial charge is 0.478 e. The lowest BCUT2D eigenvalue weighted by Gasteiger charge is -2.37. The van der Waals surface area contributed by atoms with E-state index in [9.17, 15) is 24.3 Å². The van der Waals surface area contributed by atoms with Crippen molar-refractivity contribution in [3.63, 3.8) is 0 Å². The Morgan fingerprint density at radius 3 is 2.38 bits per heavy atom. The summed E-state index contributed by atoms with van der Waals surface area (Å²) >= 11 is 0. The number of Topliss-reactive ketones (excluding diaryl/α,β-unsaturated/α-hetero) is 1. The fourth-order valence-corrected chi connectivity index (χ4v) is 5.22. The minimum atomic E-state index is -1.10. The SMILES string of the molecule is Cc1ccc2c(c1)N(CC(=O)C(C)(C)C)C(=O)C(NC(=O)Nc1cccc(C(=O)O)c1)CN2C1CCCCC1. The minimum absolute atomic E-state index is 0.0412. The Kier molecular flexibility index (Phi) is 8.28. The molecule has 2 aromatic carbocycles. The van der Waals surface area contributed by atoms with Gasteiger partial charge in [0, 0.05) is 23.7 Å². The number of aromatic carboxylic acids is 1. The molecule has 1 aliphatic carbocycles. The summed E-state index contributed by atoms with van der Waals surface area (Å²) in [5, 5.41) is 14.8. The number of urea groups is 1. The molecule has 1 heterocycles. The lowest BCUT2D eigenvalue weighted by atomic mass is 9.90. The molecule has 4 rings (SSSR count). The number of amides is 3. The van der Waals surface area contributed by atoms with Crippen LogP contribution in [0, 0.1) is 12.3 Å². The molecule has 2 aliphatic rings. The van der Waals surface area contributed by atoms with Gasteiger partial charge in [0.25, 0.3) is 5.91 Å². The third kappa shape index (κ3) is 6.58. The molecule has 9 heteroatoms. The average Bonchev–Trinajstić information content (AvgIpc) is 2.99. The second kappa shape index (κ2) is 11.5. The molecule has 0 saturated heterocycles. The van der Waals surface area contributed by atoms with E-state index in [1.807, 2.05) is 45.9 Å². The van der Waals surface area contributed by atoms with E-state index in [2.05, 4.69) is 15.5 Å². The Morgan fingerprint density at radius 2 is 1.72 bits per heavy atom. The van der Waals surface area contributed by atoms with Gasteiger partial charge in [-0.15, -0.1) is 0 Å². The van der Waals surface area contributed by atoms with Gasteiger partial charge in [0.2, 0.25) is 0 Å². The highest BCUT2D eigenvalue weighted by Gasteiger charge is 2.39. The molecule has 0 aromatic heterocycles. The maximum absolute atomic E-state index is 14.1. The van der Waals surface area contributed by atoms with Gasteiger partial charge in [-0.3, -0.25) is 9.59 Å². The Morgan fingerprint density at radius 1 is 1.00 bits per heavy atom. The van der Waals surface area contributed by atoms with Crippen LogP contribution in [0.15, 0.2) is 42.5 Å². The molecule has 1 unspecified atom stereocenters. The van der Waals surface area contributed by atoms with Gasteiger partial charge in [-0.25, -0.2) is 9.59 Å². The molecule has 1 fully saturated rings. The van der Waals surface area contributed by atoms with Gasteiger partial charge in [-0.1, -0.05) is 52.2 Å². The summed E-state index contributed by atoms with van der Waals surface area (Å²) in [4.78, 5) is 55.4. The van der Waals surface area contributed by atoms with E-state index in [0.717, 1.165) is 36.9 Å². The standard InChI is InChI=1S/C30H38N4O5/c1-19-13-14-24-25(15-19)34(18-26(35)30(2,3)4)27(36)23(17-33(24)22-11-6-5-7-12-22)32-29(39)31-21-10-8-9-20(16-21)28(37)38/h8-10,13-16,22-23H,5-7,11-12,17-18H2,1-4H3,(H,37,38)(H2,31,32,39). The summed E-state index contributed by atoms with van der Waals surface area (Å²) in [6.45, 7) is 7.62. The topological polar surface area (TPSA) is 119 Å². The number of fused-ring (bicyclic) bond motifs is 1. The number of carbonyl (C=O) groups excluding carboxylic acids is 3. The van der Waals surface area contributed by atoms with Gasteiger partial charge in [0.05, 0.1) is 23.5 Å². The number of hydrogen-bond acceptors (Lipinski definition) is 5. The van der Waals surface area contributed by atoms with Crippen molar-refractivity contribution in [3.05, 3.63) is 53.6 Å². The van der Waals surface area contributed by atoms with E-state index in [1.54, 1.807) is 12.1 Å². The van der Waals surface area contributed by atoms with Gasteiger partial charge in [0.1, 0.15) is 6.04 Å². The summed E-state index contributed by atoms with van der Waals surface area (Å²) in [6, 6.07) is 10.6. The maximum Gasteiger partial charge on any atom is 0.335 e. The van der Waals surface area contributed by atoms with E-state index in [-0.39, 0.29) is 36.4 Å². The molecule has 1 aliphatic heterocycles. The Balaban J connectivity index is 1.68. The normalized spacial score (nSPS) is 18.3. The summed E-state index contributed by atoms with van der Waals surface area (Å²) in [6.07, 6.45) is 5.35. The van der Waals surface area contributed by atoms with Crippen LogP contribution in [-0.4, -0.2) is 54.0 Å². The Labute approximate surface area is 229 Å². The van der Waals surface area contributed by atoms with Gasteiger partial charge < -0.3 is 25.5 Å². The van der Waals surface area contributed by atoms with Crippen LogP contribution in [0.3, 0.4) is 0 Å². The highest BCUT2D eigenvalue weighted by Crippen LogP contribution is 2.38. The zero-order valence-electron chi connectivity index (χ0n) is 23.1. The van der Waals surface area contributed by atoms with Crippen molar-refractivity contribution in [1.29, 1.82) is 0 Å². The van der Waals surface area contributed by atoms with Crippen LogP contribution in [0.2, 0.25) is 0 Å². The van der Waals surface area contributed by atoms with E-state index in [1.165, 1.54) is 23.5 Å². The number of nitrogens with one attached hydrogen (secondary N) is 2. The van der Waals surface area contributed by atoms with Crippen molar-refractivity contribution >= 4 is 40.8 Å². The summed E-state index contributed by atoms with van der Waals surface area (Å²) in [5.41, 5.74) is 2.25. The fourth-order valence-electron chi connectivity index (χ4n) is 5.22. The molecule has 3 N–H and O–H groups in total. The van der Waals surface area contributed by atoms with Crippen LogP contribution in [0.4, 0.5) is 21.9 Å². The van der Waals surface area contributed by atoms with E-state index >= 15 is 0 Å². The first-order valence-corrected chi connectivity index (χ1v) is 13.6. The number of hydrogen-bond donors (Lipinski definition) is 3. The molecule has 1 atom stereocenters. The van der Waals surface area contributed by atoms with Crippen LogP contribution >= 0.6 is 0 Å². The van der Waals surface area contributed by atoms with Gasteiger partial charge in [-0.05, 0) is 55.7 Å². The molecule has 2 aromatic rings. The number of carboxylic acid groups (broad SMARTS) is 1. The number of carboxylic acids is 1. The molecular weight excluding hydrogens is 496 g/mol. The minimum Gasteiger partial charge on any atom is -0.478 e. The quantitative estimate of drug-likeness (QED) is 0.481. The average molecular weight is 535 g/mol. The van der Waals surface area contributed by atoms with Crippen LogP contribution in [-0.2, 0) is 9.59 Å². The number of carbonyl (C=O) groups is 4. The Bertz CT molecular complexity index is 1260. The zero-order chi connectivity index (χ0) is 28.3.